The molecule has 0 radical (unpaired) electrons. The summed E-state index contributed by atoms with van der Waals surface area (Å²) in [7, 11) is 0. The molecule has 0 bridgehead atoms. The molecule has 0 fully saturated rings. The molecule has 4 nitrogen and oxygen atoms in total. The zero-order chi connectivity index (χ0) is 12.9. The highest BCUT2D eigenvalue weighted by molar-refractivity contribution is 5.82. The van der Waals surface area contributed by atoms with Crippen LogP contribution in [0.5, 0.6) is 0 Å². The Morgan fingerprint density at radius 3 is 1.62 bits per heavy atom. The molecule has 0 aromatic heterocycles. The third-order valence-corrected chi connectivity index (χ3v) is 3.83. The van der Waals surface area contributed by atoms with E-state index >= 15 is 0 Å². The van der Waals surface area contributed by atoms with Gasteiger partial charge in [-0.2, -0.15) is 0 Å². The highest BCUT2D eigenvalue weighted by Crippen LogP contribution is 2.43. The fourth-order valence-electron chi connectivity index (χ4n) is 2.31. The fraction of sp³-hybridized carbons (Fsp3) is 0.833. The molecule has 2 N–H and O–H groups in total. The second-order valence-corrected chi connectivity index (χ2v) is 4.53. The predicted molar refractivity (Wildman–Crippen MR) is 61.2 cm³/mol. The number of carbonyl (C=O) groups is 2. The summed E-state index contributed by atoms with van der Waals surface area (Å²) in [6.07, 6.45) is 1.04. The average molecular weight is 230 g/mol. The van der Waals surface area contributed by atoms with Crippen molar-refractivity contribution in [1.82, 2.24) is 0 Å². The van der Waals surface area contributed by atoms with Crippen molar-refractivity contribution in [2.75, 3.05) is 0 Å². The summed E-state index contributed by atoms with van der Waals surface area (Å²) in [5.41, 5.74) is -1.14. The summed E-state index contributed by atoms with van der Waals surface area (Å²) in [5, 5.41) is 18.3. The van der Waals surface area contributed by atoms with Crippen molar-refractivity contribution < 1.29 is 19.8 Å². The van der Waals surface area contributed by atoms with Gasteiger partial charge in [-0.05, 0) is 11.8 Å². The topological polar surface area (TPSA) is 74.6 Å². The van der Waals surface area contributed by atoms with Crippen LogP contribution in [0, 0.1) is 17.3 Å². The Kier molecular flexibility index (Phi) is 5.48. The summed E-state index contributed by atoms with van der Waals surface area (Å²) in [6.45, 7) is 7.44. The van der Waals surface area contributed by atoms with Crippen LogP contribution in [0.2, 0.25) is 0 Å². The zero-order valence-corrected chi connectivity index (χ0v) is 10.5. The Morgan fingerprint density at radius 2 is 1.44 bits per heavy atom. The Bertz CT molecular complexity index is 250. The maximum atomic E-state index is 11.5. The van der Waals surface area contributed by atoms with Crippen LogP contribution in [0.15, 0.2) is 0 Å². The molecule has 16 heavy (non-hydrogen) atoms. The van der Waals surface area contributed by atoms with Crippen LogP contribution in [-0.4, -0.2) is 22.2 Å². The SMILES string of the molecule is CCC(C)C(CC(=O)O)(C(=O)O)C(C)CC. The van der Waals surface area contributed by atoms with Gasteiger partial charge in [0.05, 0.1) is 11.8 Å². The summed E-state index contributed by atoms with van der Waals surface area (Å²) >= 11 is 0. The third-order valence-electron chi connectivity index (χ3n) is 3.83. The molecule has 0 saturated carbocycles. The van der Waals surface area contributed by atoms with Gasteiger partial charge in [0.15, 0.2) is 0 Å². The minimum Gasteiger partial charge on any atom is -0.481 e. The second kappa shape index (κ2) is 5.87. The van der Waals surface area contributed by atoms with Crippen molar-refractivity contribution in [1.29, 1.82) is 0 Å². The minimum absolute atomic E-state index is 0.143. The summed E-state index contributed by atoms with van der Waals surface area (Å²) < 4.78 is 0. The Labute approximate surface area is 96.7 Å². The number of hydrogen-bond acceptors (Lipinski definition) is 2. The summed E-state index contributed by atoms with van der Waals surface area (Å²) in [4.78, 5) is 22.4. The summed E-state index contributed by atoms with van der Waals surface area (Å²) in [5.74, 6) is -2.31. The number of aliphatic carboxylic acids is 2. The molecule has 0 aliphatic heterocycles. The molecule has 2 atom stereocenters. The predicted octanol–water partition coefficient (Wildman–Crippen LogP) is 2.62. The van der Waals surface area contributed by atoms with E-state index in [0.29, 0.717) is 12.8 Å². The Morgan fingerprint density at radius 1 is 1.06 bits per heavy atom. The number of rotatable bonds is 7. The van der Waals surface area contributed by atoms with E-state index in [1.807, 2.05) is 27.7 Å². The van der Waals surface area contributed by atoms with Crippen LogP contribution >= 0.6 is 0 Å². The van der Waals surface area contributed by atoms with Crippen molar-refractivity contribution in [2.45, 2.75) is 47.0 Å². The standard InChI is InChI=1S/C12H22O4/c1-5-8(3)12(11(15)16,7-10(13)14)9(4)6-2/h8-9H,5-7H2,1-4H3,(H,13,14)(H,15,16). The van der Waals surface area contributed by atoms with E-state index < -0.39 is 17.4 Å². The van der Waals surface area contributed by atoms with Gasteiger partial charge >= 0.3 is 11.9 Å². The van der Waals surface area contributed by atoms with E-state index in [1.165, 1.54) is 0 Å². The molecule has 2 unspecified atom stereocenters. The molecule has 94 valence electrons. The molecule has 0 rings (SSSR count). The van der Waals surface area contributed by atoms with Crippen LogP contribution in [0.3, 0.4) is 0 Å². The van der Waals surface area contributed by atoms with Gasteiger partial charge in [-0.15, -0.1) is 0 Å². The quantitative estimate of drug-likeness (QED) is 0.705. The molecule has 0 aromatic carbocycles. The zero-order valence-electron chi connectivity index (χ0n) is 10.5. The third kappa shape index (κ3) is 2.74. The molecule has 0 spiro atoms. The van der Waals surface area contributed by atoms with Crippen molar-refractivity contribution in [3.63, 3.8) is 0 Å². The van der Waals surface area contributed by atoms with Gasteiger partial charge in [-0.1, -0.05) is 40.5 Å². The highest BCUT2D eigenvalue weighted by atomic mass is 16.4. The van der Waals surface area contributed by atoms with Gasteiger partial charge in [0, 0.05) is 0 Å². The maximum Gasteiger partial charge on any atom is 0.310 e. The molecule has 0 aliphatic carbocycles. The molecule has 4 heteroatoms. The van der Waals surface area contributed by atoms with Gasteiger partial charge in [0.25, 0.3) is 0 Å². The van der Waals surface area contributed by atoms with Crippen LogP contribution < -0.4 is 0 Å². The van der Waals surface area contributed by atoms with Gasteiger partial charge in [0.2, 0.25) is 0 Å². The largest absolute Gasteiger partial charge is 0.481 e. The van der Waals surface area contributed by atoms with E-state index in [1.54, 1.807) is 0 Å². The average Bonchev–Trinajstić information content (AvgIpc) is 2.22. The number of hydrogen-bond donors (Lipinski definition) is 2. The van der Waals surface area contributed by atoms with Crippen molar-refractivity contribution in [3.8, 4) is 0 Å². The van der Waals surface area contributed by atoms with Gasteiger partial charge in [-0.25, -0.2) is 0 Å². The summed E-state index contributed by atoms with van der Waals surface area (Å²) in [6, 6.07) is 0. The monoisotopic (exact) mass is 230 g/mol. The number of carboxylic acids is 2. The van der Waals surface area contributed by atoms with Crippen molar-refractivity contribution in [2.24, 2.45) is 17.3 Å². The van der Waals surface area contributed by atoms with E-state index in [9.17, 15) is 14.7 Å². The number of carboxylic acid groups (broad SMARTS) is 2. The fourth-order valence-corrected chi connectivity index (χ4v) is 2.31. The lowest BCUT2D eigenvalue weighted by molar-refractivity contribution is -0.164. The lowest BCUT2D eigenvalue weighted by Gasteiger charge is -2.38. The van der Waals surface area contributed by atoms with Crippen molar-refractivity contribution in [3.05, 3.63) is 0 Å². The van der Waals surface area contributed by atoms with Gasteiger partial charge < -0.3 is 10.2 Å². The molecule has 0 saturated heterocycles. The lowest BCUT2D eigenvalue weighted by atomic mass is 9.64. The van der Waals surface area contributed by atoms with E-state index in [-0.39, 0.29) is 18.3 Å². The van der Waals surface area contributed by atoms with E-state index in [0.717, 1.165) is 0 Å². The smallest absolute Gasteiger partial charge is 0.310 e. The van der Waals surface area contributed by atoms with Crippen molar-refractivity contribution >= 4 is 11.9 Å². The van der Waals surface area contributed by atoms with Gasteiger partial charge in [0.1, 0.15) is 0 Å². The van der Waals surface area contributed by atoms with Gasteiger partial charge in [-0.3, -0.25) is 9.59 Å². The van der Waals surface area contributed by atoms with Crippen LogP contribution in [0.4, 0.5) is 0 Å². The highest BCUT2D eigenvalue weighted by Gasteiger charge is 2.48. The van der Waals surface area contributed by atoms with Crippen LogP contribution in [0.25, 0.3) is 0 Å². The first-order valence-corrected chi connectivity index (χ1v) is 5.78. The van der Waals surface area contributed by atoms with Crippen LogP contribution in [-0.2, 0) is 9.59 Å². The van der Waals surface area contributed by atoms with E-state index in [2.05, 4.69) is 0 Å². The molecule has 0 aliphatic rings. The first-order valence-electron chi connectivity index (χ1n) is 5.78. The molecular formula is C12H22O4. The molecular weight excluding hydrogens is 208 g/mol. The minimum atomic E-state index is -1.14. The Hall–Kier alpha value is -1.06. The maximum absolute atomic E-state index is 11.5. The first kappa shape index (κ1) is 14.9. The molecule has 0 amide bonds. The van der Waals surface area contributed by atoms with E-state index in [4.69, 9.17) is 5.11 Å². The normalized spacial score (nSPS) is 18.5. The molecule has 0 heterocycles. The lowest BCUT2D eigenvalue weighted by Crippen LogP contribution is -2.44. The van der Waals surface area contributed by atoms with Crippen LogP contribution in [0.1, 0.15) is 47.0 Å². The first-order chi connectivity index (χ1) is 7.32. The molecule has 0 aromatic rings. The second-order valence-electron chi connectivity index (χ2n) is 4.53. The Balaban J connectivity index is 5.38.